The van der Waals surface area contributed by atoms with Crippen LogP contribution < -0.4 is 16.6 Å². The smallest absolute Gasteiger partial charge is 0.412 e. The Kier molecular flexibility index (Phi) is 5.88. The van der Waals surface area contributed by atoms with Gasteiger partial charge >= 0.3 is 18.0 Å². The number of anilines is 2. The summed E-state index contributed by atoms with van der Waals surface area (Å²) in [7, 11) is 0. The topological polar surface area (TPSA) is 172 Å². The number of H-pyrrole nitrogens is 1. The van der Waals surface area contributed by atoms with Crippen molar-refractivity contribution in [3.63, 3.8) is 0 Å². The maximum Gasteiger partial charge on any atom is 0.412 e. The third kappa shape index (κ3) is 4.66. The zero-order valence-electron chi connectivity index (χ0n) is 15.6. The molecule has 0 fully saturated rings. The highest BCUT2D eigenvalue weighted by Gasteiger charge is 2.30. The Labute approximate surface area is 169 Å². The average Bonchev–Trinajstić information content (AvgIpc) is 2.51. The molecular formula is C18H18ClN3O7. The van der Waals surface area contributed by atoms with Gasteiger partial charge in [-0.05, 0) is 32.9 Å². The number of aromatic amines is 1. The molecule has 29 heavy (non-hydrogen) atoms. The van der Waals surface area contributed by atoms with Gasteiger partial charge in [0, 0.05) is 11.1 Å². The summed E-state index contributed by atoms with van der Waals surface area (Å²) in [5.74, 6) is -3.86. The average molecular weight is 424 g/mol. The van der Waals surface area contributed by atoms with Crippen molar-refractivity contribution in [1.29, 1.82) is 0 Å². The lowest BCUT2D eigenvalue weighted by atomic mass is 9.94. The largest absolute Gasteiger partial charge is 0.478 e. The Morgan fingerprint density at radius 2 is 1.69 bits per heavy atom. The van der Waals surface area contributed by atoms with Crippen LogP contribution in [0.25, 0.3) is 11.1 Å². The number of nitrogen functional groups attached to an aromatic ring is 1. The van der Waals surface area contributed by atoms with Gasteiger partial charge < -0.3 is 25.7 Å². The minimum absolute atomic E-state index is 0.0678. The number of ether oxygens (including phenoxy) is 1. The fraction of sp³-hybridized carbons (Fsp3) is 0.222. The van der Waals surface area contributed by atoms with E-state index in [0.29, 0.717) is 0 Å². The number of benzene rings is 1. The van der Waals surface area contributed by atoms with Crippen LogP contribution in [0.1, 0.15) is 41.5 Å². The summed E-state index contributed by atoms with van der Waals surface area (Å²) >= 11 is 6.21. The maximum atomic E-state index is 12.2. The molecule has 0 spiro atoms. The number of aromatic nitrogens is 1. The normalized spacial score (nSPS) is 11.0. The van der Waals surface area contributed by atoms with Gasteiger partial charge in [-0.25, -0.2) is 14.4 Å². The van der Waals surface area contributed by atoms with Gasteiger partial charge in [0.2, 0.25) is 0 Å². The summed E-state index contributed by atoms with van der Waals surface area (Å²) in [5.41, 5.74) is 1.29. The van der Waals surface area contributed by atoms with E-state index in [1.54, 1.807) is 20.8 Å². The molecule has 1 heterocycles. The summed E-state index contributed by atoms with van der Waals surface area (Å²) < 4.78 is 5.16. The molecule has 2 aromatic rings. The first kappa shape index (κ1) is 21.8. The second-order valence-electron chi connectivity index (χ2n) is 6.89. The van der Waals surface area contributed by atoms with Crippen molar-refractivity contribution in [3.05, 3.63) is 44.7 Å². The van der Waals surface area contributed by atoms with E-state index in [2.05, 4.69) is 5.32 Å². The number of amides is 1. The number of hydrogen-bond donors (Lipinski definition) is 5. The minimum atomic E-state index is -1.70. The second kappa shape index (κ2) is 7.84. The Hall–Kier alpha value is -3.53. The van der Waals surface area contributed by atoms with E-state index in [1.165, 1.54) is 18.2 Å². The molecule has 1 aromatic carbocycles. The van der Waals surface area contributed by atoms with E-state index in [9.17, 15) is 29.4 Å². The molecule has 11 heteroatoms. The number of nitrogens with one attached hydrogen (secondary N) is 2. The summed E-state index contributed by atoms with van der Waals surface area (Å²) in [5, 5.41) is 21.4. The van der Waals surface area contributed by atoms with Crippen LogP contribution in [0.5, 0.6) is 0 Å². The molecule has 6 N–H and O–H groups in total. The number of carbonyl (C=O) groups excluding carboxylic acids is 1. The Morgan fingerprint density at radius 3 is 2.21 bits per heavy atom. The SMILES string of the molecule is CC(C)(C)OC(=O)Nc1cccc(Cl)c1-c1c(C(=O)O)c(N)[nH]c(=O)c1C(=O)O. The van der Waals surface area contributed by atoms with Gasteiger partial charge in [-0.1, -0.05) is 17.7 Å². The standard InChI is InChI=1S/C18H18ClN3O7/c1-18(2,3)29-17(28)21-8-6-4-5-7(19)9(8)10-11(15(24)25)13(20)22-14(23)12(10)16(26)27/h4-6H,1-3H3,(H,21,28)(H,24,25)(H,26,27)(H3,20,22,23). The van der Waals surface area contributed by atoms with Gasteiger partial charge in [-0.3, -0.25) is 10.1 Å². The summed E-state index contributed by atoms with van der Waals surface area (Å²) in [6.07, 6.45) is -0.896. The Balaban J connectivity index is 2.85. The van der Waals surface area contributed by atoms with Crippen LogP contribution in [0.15, 0.2) is 23.0 Å². The number of halogens is 1. The highest BCUT2D eigenvalue weighted by molar-refractivity contribution is 6.35. The molecular weight excluding hydrogens is 406 g/mol. The van der Waals surface area contributed by atoms with Gasteiger partial charge in [-0.2, -0.15) is 0 Å². The molecule has 2 rings (SSSR count). The molecule has 1 aromatic heterocycles. The Morgan fingerprint density at radius 1 is 1.10 bits per heavy atom. The summed E-state index contributed by atoms with van der Waals surface area (Å²) in [6, 6.07) is 4.13. The first-order chi connectivity index (χ1) is 13.3. The van der Waals surface area contributed by atoms with Crippen molar-refractivity contribution >= 4 is 41.1 Å². The van der Waals surface area contributed by atoms with E-state index in [4.69, 9.17) is 22.1 Å². The van der Waals surface area contributed by atoms with Gasteiger partial charge in [0.15, 0.2) is 0 Å². The fourth-order valence-corrected chi connectivity index (χ4v) is 2.86. The van der Waals surface area contributed by atoms with Gasteiger partial charge in [-0.15, -0.1) is 0 Å². The Bertz CT molecular complexity index is 1070. The molecule has 0 bridgehead atoms. The molecule has 0 saturated carbocycles. The van der Waals surface area contributed by atoms with E-state index in [1.807, 2.05) is 4.98 Å². The van der Waals surface area contributed by atoms with Crippen LogP contribution in [0, 0.1) is 0 Å². The third-order valence-electron chi connectivity index (χ3n) is 3.57. The molecule has 0 aliphatic carbocycles. The zero-order chi connectivity index (χ0) is 22.1. The van der Waals surface area contributed by atoms with Gasteiger partial charge in [0.1, 0.15) is 22.5 Å². The molecule has 0 atom stereocenters. The first-order valence-electron chi connectivity index (χ1n) is 8.14. The number of carbonyl (C=O) groups is 3. The quantitative estimate of drug-likeness (QED) is 0.499. The van der Waals surface area contributed by atoms with Crippen molar-refractivity contribution in [2.75, 3.05) is 11.1 Å². The van der Waals surface area contributed by atoms with Gasteiger partial charge in [0.05, 0.1) is 10.7 Å². The lowest BCUT2D eigenvalue weighted by Crippen LogP contribution is -2.28. The third-order valence-corrected chi connectivity index (χ3v) is 3.89. The monoisotopic (exact) mass is 423 g/mol. The molecule has 0 unspecified atom stereocenters. The number of rotatable bonds is 4. The van der Waals surface area contributed by atoms with Crippen molar-refractivity contribution < 1.29 is 29.3 Å². The molecule has 0 radical (unpaired) electrons. The fourth-order valence-electron chi connectivity index (χ4n) is 2.59. The van der Waals surface area contributed by atoms with Crippen molar-refractivity contribution in [1.82, 2.24) is 4.98 Å². The van der Waals surface area contributed by atoms with E-state index in [0.717, 1.165) is 0 Å². The molecule has 0 aliphatic heterocycles. The lowest BCUT2D eigenvalue weighted by Gasteiger charge is -2.21. The predicted molar refractivity (Wildman–Crippen MR) is 106 cm³/mol. The van der Waals surface area contributed by atoms with Crippen molar-refractivity contribution in [3.8, 4) is 11.1 Å². The van der Waals surface area contributed by atoms with E-state index in [-0.39, 0.29) is 16.3 Å². The lowest BCUT2D eigenvalue weighted by molar-refractivity contribution is 0.0632. The number of carboxylic acids is 2. The highest BCUT2D eigenvalue weighted by atomic mass is 35.5. The van der Waals surface area contributed by atoms with Crippen molar-refractivity contribution in [2.45, 2.75) is 26.4 Å². The van der Waals surface area contributed by atoms with Crippen LogP contribution in [-0.2, 0) is 4.74 Å². The van der Waals surface area contributed by atoms with Gasteiger partial charge in [0.25, 0.3) is 5.56 Å². The highest BCUT2D eigenvalue weighted by Crippen LogP contribution is 2.39. The summed E-state index contributed by atoms with van der Waals surface area (Å²) in [6.45, 7) is 4.90. The summed E-state index contributed by atoms with van der Waals surface area (Å²) in [4.78, 5) is 49.9. The second-order valence-corrected chi connectivity index (χ2v) is 7.30. The molecule has 154 valence electrons. The first-order valence-corrected chi connectivity index (χ1v) is 8.52. The number of hydrogen-bond acceptors (Lipinski definition) is 6. The maximum absolute atomic E-state index is 12.2. The van der Waals surface area contributed by atoms with E-state index >= 15 is 0 Å². The van der Waals surface area contributed by atoms with Crippen LogP contribution in [0.4, 0.5) is 16.3 Å². The number of pyridine rings is 1. The molecule has 0 aliphatic rings. The number of aromatic carboxylic acids is 2. The number of nitrogens with two attached hydrogens (primary N) is 1. The van der Waals surface area contributed by atoms with Crippen LogP contribution >= 0.6 is 11.6 Å². The van der Waals surface area contributed by atoms with Crippen molar-refractivity contribution in [2.24, 2.45) is 0 Å². The predicted octanol–water partition coefficient (Wildman–Crippen LogP) is 3.02. The van der Waals surface area contributed by atoms with Crippen LogP contribution in [0.2, 0.25) is 5.02 Å². The van der Waals surface area contributed by atoms with Crippen LogP contribution in [-0.4, -0.2) is 38.8 Å². The molecule has 0 saturated heterocycles. The molecule has 10 nitrogen and oxygen atoms in total. The minimum Gasteiger partial charge on any atom is -0.478 e. The zero-order valence-corrected chi connectivity index (χ0v) is 16.4. The van der Waals surface area contributed by atoms with Crippen LogP contribution in [0.3, 0.4) is 0 Å². The number of carboxylic acid groups (broad SMARTS) is 2. The molecule has 1 amide bonds. The van der Waals surface area contributed by atoms with E-state index < -0.39 is 51.7 Å².